The van der Waals surface area contributed by atoms with Crippen molar-refractivity contribution in [3.05, 3.63) is 0 Å². The lowest BCUT2D eigenvalue weighted by Crippen LogP contribution is -2.60. The normalized spacial score (nSPS) is 42.4. The highest BCUT2D eigenvalue weighted by Crippen LogP contribution is 2.37. The maximum Gasteiger partial charge on any atom is 0.408 e. The van der Waals surface area contributed by atoms with E-state index in [2.05, 4.69) is 28.8 Å². The predicted octanol–water partition coefficient (Wildman–Crippen LogP) is 1.45. The van der Waals surface area contributed by atoms with Gasteiger partial charge in [0.1, 0.15) is 18.1 Å². The summed E-state index contributed by atoms with van der Waals surface area (Å²) < 4.78 is 30.8. The van der Waals surface area contributed by atoms with Crippen molar-refractivity contribution in [3.8, 4) is 12.3 Å². The molecule has 13 nitrogen and oxygen atoms in total. The molecular weight excluding hydrogens is 608 g/mol. The molecule has 4 N–H and O–H groups in total. The zero-order chi connectivity index (χ0) is 35.3. The number of ether oxygens (including phenoxy) is 5. The number of Topliss-reactive ketones (excluding diaryl/α,β-unsaturated/α-hetero) is 1. The molecule has 3 heterocycles. The molecule has 47 heavy (non-hydrogen) atoms. The number of hydrogen-bond acceptors (Lipinski definition) is 12. The minimum absolute atomic E-state index is 0.00918. The molecule has 0 aliphatic carbocycles. The van der Waals surface area contributed by atoms with Gasteiger partial charge in [-0.1, -0.05) is 26.7 Å². The topological polar surface area (TPSA) is 157 Å². The first-order valence-electron chi connectivity index (χ1n) is 16.8. The zero-order valence-electron chi connectivity index (χ0n) is 29.8. The Balaban J connectivity index is 2.01. The number of aliphatic hydroxyl groups excluding tert-OH is 1. The minimum atomic E-state index is -1.17. The van der Waals surface area contributed by atoms with E-state index >= 15 is 0 Å². The number of nitrogens with zero attached hydrogens (tertiary/aromatic N) is 1. The van der Waals surface area contributed by atoms with E-state index in [4.69, 9.17) is 30.1 Å². The van der Waals surface area contributed by atoms with Crippen LogP contribution >= 0.6 is 0 Å². The number of hydrogen-bond donors (Lipinski definition) is 4. The van der Waals surface area contributed by atoms with Crippen molar-refractivity contribution in [2.75, 3.05) is 40.8 Å². The first-order valence-corrected chi connectivity index (χ1v) is 16.8. The molecule has 13 heteroatoms. The van der Waals surface area contributed by atoms with Crippen molar-refractivity contribution in [2.45, 2.75) is 128 Å². The summed E-state index contributed by atoms with van der Waals surface area (Å²) in [6, 6.07) is -1.04. The summed E-state index contributed by atoms with van der Waals surface area (Å²) in [5, 5.41) is 21.1. The van der Waals surface area contributed by atoms with E-state index in [0.717, 1.165) is 0 Å². The van der Waals surface area contributed by atoms with Crippen LogP contribution in [0.3, 0.4) is 0 Å². The highest BCUT2D eigenvalue weighted by atomic mass is 16.7. The Bertz CT molecular complexity index is 1130. The van der Waals surface area contributed by atoms with Crippen LogP contribution in [0.15, 0.2) is 0 Å². The fourth-order valence-corrected chi connectivity index (χ4v) is 7.46. The number of fused-ring (bicyclic) bond motifs is 1. The number of ketones is 1. The highest BCUT2D eigenvalue weighted by molar-refractivity contribution is 6.00. The largest absolute Gasteiger partial charge is 0.458 e. The Kier molecular flexibility index (Phi) is 13.6. The molecule has 1 amide bonds. The second-order valence-corrected chi connectivity index (χ2v) is 14.2. The summed E-state index contributed by atoms with van der Waals surface area (Å²) in [5.41, 5.74) is -2.21. The number of alkyl carbamates (subject to hydrolysis) is 1. The summed E-state index contributed by atoms with van der Waals surface area (Å²) in [6.45, 7) is 14.1. The van der Waals surface area contributed by atoms with Crippen LogP contribution in [0.4, 0.5) is 4.79 Å². The van der Waals surface area contributed by atoms with Gasteiger partial charge in [-0.25, -0.2) is 4.79 Å². The number of amides is 1. The number of carbonyl (C=O) groups is 3. The van der Waals surface area contributed by atoms with Gasteiger partial charge >= 0.3 is 12.1 Å². The lowest BCUT2D eigenvalue weighted by Gasteiger charge is -2.47. The number of nitrogens with one attached hydrogen (secondary N) is 3. The molecule has 13 atom stereocenters. The van der Waals surface area contributed by atoms with Crippen molar-refractivity contribution < 1.29 is 43.2 Å². The van der Waals surface area contributed by atoms with Crippen LogP contribution in [0.2, 0.25) is 0 Å². The smallest absolute Gasteiger partial charge is 0.408 e. The van der Waals surface area contributed by atoms with Gasteiger partial charge in [-0.05, 0) is 73.5 Å². The molecular formula is C34H58N4O9. The van der Waals surface area contributed by atoms with Crippen LogP contribution in [-0.4, -0.2) is 129 Å². The average Bonchev–Trinajstić information content (AvgIpc) is 3.34. The molecule has 0 aromatic heterocycles. The zero-order valence-corrected chi connectivity index (χ0v) is 29.8. The monoisotopic (exact) mass is 666 g/mol. The summed E-state index contributed by atoms with van der Waals surface area (Å²) in [5.74, 6) is -0.590. The molecule has 3 aliphatic heterocycles. The SMILES string of the molecule is C#CCNC[C@@H]1CC(N(C)C)C(O)[C@H](O[C@@H]2[C@@H](C)C(=O)C(C)C(=O)O[C@@H](CC)[C@@]3(C)OC(=O)N[C@@H]3[C@@H](C)NC[C@H](C)C[C@@]2(C)OC)O1. The maximum atomic E-state index is 14.1. The molecule has 268 valence electrons. The van der Waals surface area contributed by atoms with E-state index in [9.17, 15) is 19.5 Å². The summed E-state index contributed by atoms with van der Waals surface area (Å²) in [7, 11) is 5.34. The molecule has 3 unspecified atom stereocenters. The number of carbonyl (C=O) groups excluding carboxylic acids is 3. The fourth-order valence-electron chi connectivity index (χ4n) is 7.46. The Morgan fingerprint density at radius 3 is 2.45 bits per heavy atom. The molecule has 3 saturated heterocycles. The summed E-state index contributed by atoms with van der Waals surface area (Å²) >= 11 is 0. The van der Waals surface area contributed by atoms with Crippen LogP contribution in [0.1, 0.15) is 67.7 Å². The van der Waals surface area contributed by atoms with Gasteiger partial charge in [0.25, 0.3) is 0 Å². The van der Waals surface area contributed by atoms with Crippen LogP contribution in [0.25, 0.3) is 0 Å². The highest BCUT2D eigenvalue weighted by Gasteiger charge is 2.55. The molecule has 0 bridgehead atoms. The number of rotatable bonds is 8. The van der Waals surface area contributed by atoms with E-state index in [1.54, 1.807) is 21.0 Å². The third kappa shape index (κ3) is 8.84. The van der Waals surface area contributed by atoms with Crippen molar-refractivity contribution in [1.29, 1.82) is 0 Å². The Hall–Kier alpha value is -2.31. The lowest BCUT2D eigenvalue weighted by molar-refractivity contribution is -0.297. The number of cyclic esters (lactones) is 1. The number of aliphatic hydroxyl groups is 1. The molecule has 0 radical (unpaired) electrons. The van der Waals surface area contributed by atoms with E-state index < -0.39 is 71.5 Å². The lowest BCUT2D eigenvalue weighted by atomic mass is 9.78. The van der Waals surface area contributed by atoms with Gasteiger partial charge in [0.15, 0.2) is 17.7 Å². The Labute approximate surface area is 280 Å². The number of terminal acetylenes is 1. The number of methoxy groups -OCH3 is 1. The van der Waals surface area contributed by atoms with Crippen LogP contribution < -0.4 is 16.0 Å². The number of likely N-dealkylation sites (N-methyl/N-ethyl adjacent to an activating group) is 1. The van der Waals surface area contributed by atoms with Crippen LogP contribution in [-0.2, 0) is 33.3 Å². The van der Waals surface area contributed by atoms with E-state index in [1.807, 2.05) is 39.8 Å². The summed E-state index contributed by atoms with van der Waals surface area (Å²) in [6.07, 6.45) is 2.04. The maximum absolute atomic E-state index is 14.1. The van der Waals surface area contributed by atoms with Gasteiger partial charge in [-0.15, -0.1) is 6.42 Å². The first-order chi connectivity index (χ1) is 22.0. The van der Waals surface area contributed by atoms with E-state index in [0.29, 0.717) is 38.9 Å². The third-order valence-corrected chi connectivity index (χ3v) is 10.3. The van der Waals surface area contributed by atoms with Gasteiger partial charge in [0.2, 0.25) is 0 Å². The fraction of sp³-hybridized carbons (Fsp3) is 0.853. The molecule has 0 aromatic rings. The molecule has 3 fully saturated rings. The van der Waals surface area contributed by atoms with Crippen molar-refractivity contribution in [3.63, 3.8) is 0 Å². The second-order valence-electron chi connectivity index (χ2n) is 14.2. The van der Waals surface area contributed by atoms with Crippen molar-refractivity contribution in [1.82, 2.24) is 20.9 Å². The standard InChI is InChI=1S/C34H58N4O9/c1-12-14-35-18-23-15-24(38(9)10)27(40)31(44-23)46-29-20(4)26(39)21(5)30(41)45-25(13-2)34(8)28(37-32(42)47-34)22(6)36-17-19(3)16-33(29,7)43-11/h1,19-25,27-29,31,35-36,40H,13-18H2,2-11H3,(H,37,42)/t19-,20+,21?,22-,23+,24?,25+,27?,28-,29-,31+,33-,34-/m1/s1. The minimum Gasteiger partial charge on any atom is -0.458 e. The Morgan fingerprint density at radius 2 is 1.85 bits per heavy atom. The van der Waals surface area contributed by atoms with Gasteiger partial charge in [0, 0.05) is 31.7 Å². The molecule has 3 aliphatic rings. The quantitative estimate of drug-likeness (QED) is 0.128. The van der Waals surface area contributed by atoms with E-state index in [1.165, 1.54) is 6.92 Å². The van der Waals surface area contributed by atoms with Gasteiger partial charge in [0.05, 0.1) is 30.4 Å². The van der Waals surface area contributed by atoms with Crippen LogP contribution in [0.5, 0.6) is 0 Å². The van der Waals surface area contributed by atoms with Crippen LogP contribution in [0, 0.1) is 30.1 Å². The van der Waals surface area contributed by atoms with Gasteiger partial charge in [-0.2, -0.15) is 0 Å². The van der Waals surface area contributed by atoms with Gasteiger partial charge in [-0.3, -0.25) is 9.59 Å². The number of esters is 1. The predicted molar refractivity (Wildman–Crippen MR) is 175 cm³/mol. The Morgan fingerprint density at radius 1 is 1.17 bits per heavy atom. The third-order valence-electron chi connectivity index (χ3n) is 10.3. The molecule has 0 aromatic carbocycles. The molecule has 0 saturated carbocycles. The molecule has 0 spiro atoms. The van der Waals surface area contributed by atoms with Crippen molar-refractivity contribution >= 4 is 17.8 Å². The summed E-state index contributed by atoms with van der Waals surface area (Å²) in [4.78, 5) is 42.2. The second kappa shape index (κ2) is 16.4. The first kappa shape index (κ1) is 39.1. The molecule has 3 rings (SSSR count). The van der Waals surface area contributed by atoms with Crippen molar-refractivity contribution in [2.24, 2.45) is 17.8 Å². The van der Waals surface area contributed by atoms with Gasteiger partial charge < -0.3 is 49.6 Å². The average molecular weight is 667 g/mol. The van der Waals surface area contributed by atoms with E-state index in [-0.39, 0.29) is 24.1 Å².